The second-order valence-corrected chi connectivity index (χ2v) is 1.18. The molecule has 0 saturated carbocycles. The molecule has 0 N–H and O–H groups in total. The van der Waals surface area contributed by atoms with Crippen molar-refractivity contribution >= 4 is 6.47 Å². The molecule has 0 amide bonds. The fourth-order valence-electron chi connectivity index (χ4n) is 0.326. The van der Waals surface area contributed by atoms with Gasteiger partial charge in [0.15, 0.2) is 0 Å². The van der Waals surface area contributed by atoms with Gasteiger partial charge >= 0.3 is 12.9 Å². The summed E-state index contributed by atoms with van der Waals surface area (Å²) >= 11 is 0. The molecule has 0 aliphatic rings. The molecule has 0 rings (SSSR count). The SMILES string of the molecule is CCOC(OC)O[C]=O. The van der Waals surface area contributed by atoms with Gasteiger partial charge in [-0.3, -0.25) is 0 Å². The van der Waals surface area contributed by atoms with E-state index < -0.39 is 6.48 Å². The molecule has 9 heavy (non-hydrogen) atoms. The van der Waals surface area contributed by atoms with Gasteiger partial charge in [0, 0.05) is 7.11 Å². The van der Waals surface area contributed by atoms with Crippen molar-refractivity contribution in [1.29, 1.82) is 0 Å². The van der Waals surface area contributed by atoms with Crippen LogP contribution in [0, 0.1) is 0 Å². The molecule has 0 aromatic heterocycles. The summed E-state index contributed by atoms with van der Waals surface area (Å²) in [7, 11) is 1.37. The highest BCUT2D eigenvalue weighted by Crippen LogP contribution is 1.91. The zero-order valence-electron chi connectivity index (χ0n) is 5.42. The summed E-state index contributed by atoms with van der Waals surface area (Å²) in [6.07, 6.45) is 0. The second-order valence-electron chi connectivity index (χ2n) is 1.18. The maximum absolute atomic E-state index is 9.54. The first-order chi connectivity index (χ1) is 4.35. The van der Waals surface area contributed by atoms with E-state index in [4.69, 9.17) is 4.74 Å². The Morgan fingerprint density at radius 3 is 2.67 bits per heavy atom. The molecule has 0 aromatic carbocycles. The van der Waals surface area contributed by atoms with Gasteiger partial charge in [-0.25, -0.2) is 4.79 Å². The van der Waals surface area contributed by atoms with Gasteiger partial charge in [-0.15, -0.1) is 0 Å². The van der Waals surface area contributed by atoms with Crippen molar-refractivity contribution in [2.24, 2.45) is 0 Å². The van der Waals surface area contributed by atoms with E-state index >= 15 is 0 Å². The minimum Gasteiger partial charge on any atom is -0.402 e. The van der Waals surface area contributed by atoms with E-state index in [-0.39, 0.29) is 0 Å². The van der Waals surface area contributed by atoms with Crippen molar-refractivity contribution in [3.05, 3.63) is 0 Å². The average Bonchev–Trinajstić information content (AvgIpc) is 1.88. The molecule has 0 aliphatic carbocycles. The summed E-state index contributed by atoms with van der Waals surface area (Å²) in [5.41, 5.74) is 0. The summed E-state index contributed by atoms with van der Waals surface area (Å²) in [6.45, 7) is 2.49. The molecule has 0 fully saturated rings. The van der Waals surface area contributed by atoms with E-state index in [2.05, 4.69) is 9.47 Å². The Labute approximate surface area is 53.7 Å². The van der Waals surface area contributed by atoms with E-state index in [1.165, 1.54) is 13.6 Å². The van der Waals surface area contributed by atoms with Gasteiger partial charge in [0.05, 0.1) is 6.61 Å². The molecular formula is C5H9O4. The van der Waals surface area contributed by atoms with E-state index in [1.54, 1.807) is 6.92 Å². The molecule has 0 aliphatic heterocycles. The number of carbonyl (C=O) groups excluding carboxylic acids is 1. The molecule has 0 bridgehead atoms. The predicted octanol–water partition coefficient (Wildman–Crippen LogP) is 0.0367. The third-order valence-electron chi connectivity index (χ3n) is 0.640. The number of hydrogen-bond acceptors (Lipinski definition) is 4. The third-order valence-corrected chi connectivity index (χ3v) is 0.640. The Bertz CT molecular complexity index is 73.4. The van der Waals surface area contributed by atoms with Gasteiger partial charge in [-0.05, 0) is 6.92 Å². The van der Waals surface area contributed by atoms with Crippen LogP contribution >= 0.6 is 0 Å². The van der Waals surface area contributed by atoms with Crippen LogP contribution in [0.25, 0.3) is 0 Å². The minimum absolute atomic E-state index is 0.431. The molecule has 0 heterocycles. The predicted molar refractivity (Wildman–Crippen MR) is 29.2 cm³/mol. The first-order valence-electron chi connectivity index (χ1n) is 2.52. The maximum atomic E-state index is 9.54. The molecule has 0 saturated heterocycles. The topological polar surface area (TPSA) is 44.8 Å². The van der Waals surface area contributed by atoms with Crippen molar-refractivity contribution in [3.63, 3.8) is 0 Å². The standard InChI is InChI=1S/C5H9O4/c1-3-8-5(7-2)9-4-6/h5H,3H2,1-2H3. The molecule has 1 radical (unpaired) electrons. The largest absolute Gasteiger partial charge is 0.421 e. The van der Waals surface area contributed by atoms with Crippen LogP contribution in [0.3, 0.4) is 0 Å². The molecule has 1 unspecified atom stereocenters. The number of rotatable bonds is 5. The van der Waals surface area contributed by atoms with Gasteiger partial charge in [0.2, 0.25) is 0 Å². The molecule has 0 aromatic rings. The Balaban J connectivity index is 3.28. The number of ether oxygens (including phenoxy) is 3. The van der Waals surface area contributed by atoms with Crippen LogP contribution in [0.2, 0.25) is 0 Å². The highest BCUT2D eigenvalue weighted by atomic mass is 16.8. The van der Waals surface area contributed by atoms with Crippen LogP contribution in [0.1, 0.15) is 6.92 Å². The Morgan fingerprint density at radius 2 is 2.33 bits per heavy atom. The first-order valence-corrected chi connectivity index (χ1v) is 2.52. The average molecular weight is 133 g/mol. The second kappa shape index (κ2) is 5.53. The fourth-order valence-corrected chi connectivity index (χ4v) is 0.326. The summed E-state index contributed by atoms with van der Waals surface area (Å²) < 4.78 is 13.4. The summed E-state index contributed by atoms with van der Waals surface area (Å²) in [6, 6.07) is 0. The molecule has 53 valence electrons. The van der Waals surface area contributed by atoms with Crippen LogP contribution in [0.5, 0.6) is 0 Å². The summed E-state index contributed by atoms with van der Waals surface area (Å²) in [5, 5.41) is 0. The third kappa shape index (κ3) is 3.93. The van der Waals surface area contributed by atoms with E-state index in [1.807, 2.05) is 0 Å². The summed E-state index contributed by atoms with van der Waals surface area (Å²) in [4.78, 5) is 9.54. The molecule has 4 nitrogen and oxygen atoms in total. The van der Waals surface area contributed by atoms with Gasteiger partial charge < -0.3 is 14.2 Å². The van der Waals surface area contributed by atoms with Gasteiger partial charge in [-0.1, -0.05) is 0 Å². The minimum atomic E-state index is -0.910. The van der Waals surface area contributed by atoms with Crippen molar-refractivity contribution in [2.75, 3.05) is 13.7 Å². The van der Waals surface area contributed by atoms with Crippen LogP contribution in [0.15, 0.2) is 0 Å². The zero-order valence-corrected chi connectivity index (χ0v) is 5.42. The van der Waals surface area contributed by atoms with E-state index in [0.29, 0.717) is 6.61 Å². The smallest absolute Gasteiger partial charge is 0.402 e. The molecule has 1 atom stereocenters. The first kappa shape index (κ1) is 8.39. The lowest BCUT2D eigenvalue weighted by molar-refractivity contribution is -0.238. The van der Waals surface area contributed by atoms with Crippen molar-refractivity contribution in [1.82, 2.24) is 0 Å². The molecule has 4 heteroatoms. The maximum Gasteiger partial charge on any atom is 0.421 e. The molecular weight excluding hydrogens is 124 g/mol. The monoisotopic (exact) mass is 133 g/mol. The van der Waals surface area contributed by atoms with Gasteiger partial charge in [0.1, 0.15) is 0 Å². The van der Waals surface area contributed by atoms with Crippen LogP contribution in [0.4, 0.5) is 0 Å². The normalized spacial score (nSPS) is 12.7. The van der Waals surface area contributed by atoms with E-state index in [0.717, 1.165) is 0 Å². The lowest BCUT2D eigenvalue weighted by Crippen LogP contribution is -2.18. The lowest BCUT2D eigenvalue weighted by atomic mass is 10.9. The van der Waals surface area contributed by atoms with E-state index in [9.17, 15) is 4.79 Å². The van der Waals surface area contributed by atoms with Crippen molar-refractivity contribution in [3.8, 4) is 0 Å². The highest BCUT2D eigenvalue weighted by molar-refractivity contribution is 5.38. The Hall–Kier alpha value is -0.610. The Morgan fingerprint density at radius 1 is 1.67 bits per heavy atom. The van der Waals surface area contributed by atoms with Crippen LogP contribution < -0.4 is 0 Å². The lowest BCUT2D eigenvalue weighted by Gasteiger charge is -2.10. The van der Waals surface area contributed by atoms with Gasteiger partial charge in [0.25, 0.3) is 0 Å². The summed E-state index contributed by atoms with van der Waals surface area (Å²) in [5.74, 6) is 0. The molecule has 0 spiro atoms. The van der Waals surface area contributed by atoms with Crippen molar-refractivity contribution in [2.45, 2.75) is 13.4 Å². The fraction of sp³-hybridized carbons (Fsp3) is 0.800. The Kier molecular flexibility index (Phi) is 5.15. The zero-order chi connectivity index (χ0) is 7.11. The highest BCUT2D eigenvalue weighted by Gasteiger charge is 2.04. The quantitative estimate of drug-likeness (QED) is 0.496. The van der Waals surface area contributed by atoms with Crippen LogP contribution in [-0.2, 0) is 19.0 Å². The van der Waals surface area contributed by atoms with Crippen LogP contribution in [-0.4, -0.2) is 26.7 Å². The van der Waals surface area contributed by atoms with Crippen molar-refractivity contribution < 1.29 is 19.0 Å². The van der Waals surface area contributed by atoms with Gasteiger partial charge in [-0.2, -0.15) is 0 Å². The number of methoxy groups -OCH3 is 1. The number of hydrogen-bond donors (Lipinski definition) is 0.